The van der Waals surface area contributed by atoms with Gasteiger partial charge in [-0.1, -0.05) is 18.2 Å². The number of nitrogens with one attached hydrogen (secondary N) is 1. The van der Waals surface area contributed by atoms with Crippen molar-refractivity contribution in [3.05, 3.63) is 51.9 Å². The topological polar surface area (TPSA) is 66.5 Å². The summed E-state index contributed by atoms with van der Waals surface area (Å²) in [5, 5.41) is 4.86. The van der Waals surface area contributed by atoms with Crippen LogP contribution in [0.2, 0.25) is 0 Å². The maximum Gasteiger partial charge on any atom is 0.252 e. The molecule has 7 heteroatoms. The van der Waals surface area contributed by atoms with Crippen LogP contribution in [0.15, 0.2) is 33.9 Å². The number of hydrogen-bond donors (Lipinski definition) is 1. The number of aryl methyl sites for hydroxylation is 3. The predicted octanol–water partition coefficient (Wildman–Crippen LogP) is 3.95. The van der Waals surface area contributed by atoms with Gasteiger partial charge in [-0.25, -0.2) is 8.42 Å². The number of carbonyl (C=O) groups excluding carboxylic acids is 1. The highest BCUT2D eigenvalue weighted by Gasteiger charge is 2.34. The van der Waals surface area contributed by atoms with Crippen LogP contribution in [0.25, 0.3) is 0 Å². The highest BCUT2D eigenvalue weighted by molar-refractivity contribution is 7.91. The van der Waals surface area contributed by atoms with E-state index >= 15 is 0 Å². The van der Waals surface area contributed by atoms with E-state index in [1.165, 1.54) is 26.8 Å². The summed E-state index contributed by atoms with van der Waals surface area (Å²) in [5.74, 6) is -0.394. The second-order valence-corrected chi connectivity index (χ2v) is 10.8. The van der Waals surface area contributed by atoms with Gasteiger partial charge in [0.05, 0.1) is 12.0 Å². The third kappa shape index (κ3) is 4.31. The second kappa shape index (κ2) is 8.35. The zero-order chi connectivity index (χ0) is 20.5. The molecule has 1 amide bonds. The van der Waals surface area contributed by atoms with Crippen LogP contribution in [0, 0.1) is 26.7 Å². The lowest BCUT2D eigenvalue weighted by molar-refractivity contribution is -0.126. The molecule has 2 atom stereocenters. The van der Waals surface area contributed by atoms with E-state index in [2.05, 4.69) is 38.2 Å². The summed E-state index contributed by atoms with van der Waals surface area (Å²) in [6, 6.07) is 7.51. The first kappa shape index (κ1) is 21.0. The highest BCUT2D eigenvalue weighted by atomic mass is 32.2. The molecule has 2 heterocycles. The van der Waals surface area contributed by atoms with Gasteiger partial charge in [-0.3, -0.25) is 4.79 Å². The minimum absolute atomic E-state index is 0.0730. The van der Waals surface area contributed by atoms with Crippen molar-refractivity contribution in [1.29, 1.82) is 0 Å². The number of hydrogen-bond acceptors (Lipinski definition) is 4. The molecule has 1 aliphatic heterocycles. The number of rotatable bonds is 5. The van der Waals surface area contributed by atoms with E-state index in [0.717, 1.165) is 11.1 Å². The van der Waals surface area contributed by atoms with Crippen LogP contribution >= 0.6 is 11.3 Å². The summed E-state index contributed by atoms with van der Waals surface area (Å²) in [6.45, 7) is 8.90. The smallest absolute Gasteiger partial charge is 0.252 e. The molecule has 1 saturated heterocycles. The van der Waals surface area contributed by atoms with Crippen LogP contribution in [0.4, 0.5) is 0 Å². The molecule has 1 fully saturated rings. The summed E-state index contributed by atoms with van der Waals surface area (Å²) in [7, 11) is -3.51. The van der Waals surface area contributed by atoms with Gasteiger partial charge in [-0.05, 0) is 74.2 Å². The fourth-order valence-corrected chi connectivity index (χ4v) is 6.44. The van der Waals surface area contributed by atoms with Gasteiger partial charge in [0.25, 0.3) is 10.0 Å². The molecule has 1 aromatic carbocycles. The van der Waals surface area contributed by atoms with Gasteiger partial charge in [0.2, 0.25) is 5.91 Å². The van der Waals surface area contributed by atoms with Crippen molar-refractivity contribution in [2.75, 3.05) is 13.1 Å². The van der Waals surface area contributed by atoms with E-state index < -0.39 is 10.0 Å². The van der Waals surface area contributed by atoms with Crippen molar-refractivity contribution in [1.82, 2.24) is 9.62 Å². The molecule has 0 aliphatic carbocycles. The standard InChI is InChI=1S/C21H28N2O3S2/c1-14-11-16(3)19(12-15(14)2)17(4)22-21(24)18-7-5-9-23(13-18)28(25,26)20-8-6-10-27-20/h6,8,10-12,17-18H,5,7,9,13H2,1-4H3,(H,22,24)/t17-,18-/m0/s1. The summed E-state index contributed by atoms with van der Waals surface area (Å²) in [4.78, 5) is 12.9. The molecule has 0 unspecified atom stereocenters. The van der Waals surface area contributed by atoms with Crippen molar-refractivity contribution < 1.29 is 13.2 Å². The van der Waals surface area contributed by atoms with E-state index in [0.29, 0.717) is 23.6 Å². The molecule has 0 radical (unpaired) electrons. The second-order valence-electron chi connectivity index (χ2n) is 7.66. The van der Waals surface area contributed by atoms with Crippen molar-refractivity contribution in [2.45, 2.75) is 50.8 Å². The molecule has 1 N–H and O–H groups in total. The predicted molar refractivity (Wildman–Crippen MR) is 113 cm³/mol. The van der Waals surface area contributed by atoms with E-state index in [1.54, 1.807) is 17.5 Å². The first-order valence-electron chi connectivity index (χ1n) is 9.62. The van der Waals surface area contributed by atoms with Crippen molar-refractivity contribution in [3.63, 3.8) is 0 Å². The molecule has 5 nitrogen and oxygen atoms in total. The Bertz CT molecular complexity index is 952. The molecular formula is C21H28N2O3S2. The lowest BCUT2D eigenvalue weighted by Gasteiger charge is -2.31. The normalized spacial score (nSPS) is 19.4. The van der Waals surface area contributed by atoms with E-state index in [4.69, 9.17) is 0 Å². The van der Waals surface area contributed by atoms with Crippen molar-refractivity contribution >= 4 is 27.3 Å². The minimum atomic E-state index is -3.51. The lowest BCUT2D eigenvalue weighted by Crippen LogP contribution is -2.45. The molecule has 0 spiro atoms. The van der Waals surface area contributed by atoms with Gasteiger partial charge >= 0.3 is 0 Å². The van der Waals surface area contributed by atoms with E-state index in [-0.39, 0.29) is 24.4 Å². The number of nitrogens with zero attached hydrogens (tertiary/aromatic N) is 1. The summed E-state index contributed by atoms with van der Waals surface area (Å²) < 4.78 is 27.4. The Morgan fingerprint density at radius 3 is 2.61 bits per heavy atom. The van der Waals surface area contributed by atoms with E-state index in [1.807, 2.05) is 6.92 Å². The van der Waals surface area contributed by atoms with Gasteiger partial charge in [-0.2, -0.15) is 4.31 Å². The molecular weight excluding hydrogens is 392 g/mol. The zero-order valence-corrected chi connectivity index (χ0v) is 18.5. The largest absolute Gasteiger partial charge is 0.349 e. The SMILES string of the molecule is Cc1cc(C)c([C@H](C)NC(=O)[C@H]2CCCN(S(=O)(=O)c3cccs3)C2)cc1C. The van der Waals surface area contributed by atoms with Crippen molar-refractivity contribution in [3.8, 4) is 0 Å². The van der Waals surface area contributed by atoms with Crippen LogP contribution in [0.1, 0.15) is 48.1 Å². The third-order valence-electron chi connectivity index (χ3n) is 5.55. The Hall–Kier alpha value is -1.70. The molecule has 1 aliphatic rings. The van der Waals surface area contributed by atoms with Gasteiger partial charge in [0.15, 0.2) is 0 Å². The fraction of sp³-hybridized carbons (Fsp3) is 0.476. The number of piperidine rings is 1. The Labute approximate surface area is 171 Å². The summed E-state index contributed by atoms with van der Waals surface area (Å²) in [5.41, 5.74) is 4.70. The molecule has 0 bridgehead atoms. The van der Waals surface area contributed by atoms with Crippen LogP contribution in [-0.2, 0) is 14.8 Å². The lowest BCUT2D eigenvalue weighted by atomic mass is 9.95. The quantitative estimate of drug-likeness (QED) is 0.796. The van der Waals surface area contributed by atoms with Crippen molar-refractivity contribution in [2.24, 2.45) is 5.92 Å². The third-order valence-corrected chi connectivity index (χ3v) is 8.79. The molecule has 0 saturated carbocycles. The first-order chi connectivity index (χ1) is 13.2. The fourth-order valence-electron chi connectivity index (χ4n) is 3.77. The Morgan fingerprint density at radius 1 is 1.21 bits per heavy atom. The number of sulfonamides is 1. The van der Waals surface area contributed by atoms with Crippen LogP contribution in [-0.4, -0.2) is 31.7 Å². The monoisotopic (exact) mass is 420 g/mol. The number of amides is 1. The number of carbonyl (C=O) groups is 1. The Morgan fingerprint density at radius 2 is 1.93 bits per heavy atom. The van der Waals surface area contributed by atoms with Gasteiger partial charge < -0.3 is 5.32 Å². The molecule has 152 valence electrons. The maximum atomic E-state index is 12.9. The molecule has 1 aromatic heterocycles. The average molecular weight is 421 g/mol. The zero-order valence-electron chi connectivity index (χ0n) is 16.9. The van der Waals surface area contributed by atoms with Crippen LogP contribution in [0.3, 0.4) is 0 Å². The Kier molecular flexibility index (Phi) is 6.27. The summed E-state index contributed by atoms with van der Waals surface area (Å²) in [6.07, 6.45) is 1.40. The maximum absolute atomic E-state index is 12.9. The van der Waals surface area contributed by atoms with Crippen LogP contribution < -0.4 is 5.32 Å². The van der Waals surface area contributed by atoms with Crippen LogP contribution in [0.5, 0.6) is 0 Å². The minimum Gasteiger partial charge on any atom is -0.349 e. The first-order valence-corrected chi connectivity index (χ1v) is 11.9. The van der Waals surface area contributed by atoms with E-state index in [9.17, 15) is 13.2 Å². The molecule has 2 aromatic rings. The molecule has 28 heavy (non-hydrogen) atoms. The number of thiophene rings is 1. The Balaban J connectivity index is 1.70. The van der Waals surface area contributed by atoms with Gasteiger partial charge in [0, 0.05) is 13.1 Å². The average Bonchev–Trinajstić information content (AvgIpc) is 3.20. The molecule has 3 rings (SSSR count). The highest BCUT2D eigenvalue weighted by Crippen LogP contribution is 2.27. The number of benzene rings is 1. The van der Waals surface area contributed by atoms with Gasteiger partial charge in [-0.15, -0.1) is 11.3 Å². The summed E-state index contributed by atoms with van der Waals surface area (Å²) >= 11 is 1.21. The van der Waals surface area contributed by atoms with Gasteiger partial charge in [0.1, 0.15) is 4.21 Å².